The maximum absolute atomic E-state index is 12.3. The number of carbonyl (C=O) groups excluding carboxylic acids is 1. The van der Waals surface area contributed by atoms with Gasteiger partial charge in [0.25, 0.3) is 5.91 Å². The molecule has 2 N–H and O–H groups in total. The number of hydrogen-bond acceptors (Lipinski definition) is 3. The predicted octanol–water partition coefficient (Wildman–Crippen LogP) is 2.47. The molecule has 0 heterocycles. The molecule has 0 aliphatic carbocycles. The van der Waals surface area contributed by atoms with E-state index < -0.39 is 6.10 Å². The Morgan fingerprint density at radius 3 is 2.26 bits per heavy atom. The number of amides is 1. The highest BCUT2D eigenvalue weighted by Gasteiger charge is 2.17. The number of benzene rings is 2. The van der Waals surface area contributed by atoms with Gasteiger partial charge in [0.1, 0.15) is 0 Å². The molecule has 23 heavy (non-hydrogen) atoms. The Morgan fingerprint density at radius 2 is 1.70 bits per heavy atom. The summed E-state index contributed by atoms with van der Waals surface area (Å²) in [5.41, 5.74) is 2.68. The minimum atomic E-state index is -0.623. The number of carbonyl (C=O) groups is 1. The van der Waals surface area contributed by atoms with Crippen molar-refractivity contribution in [2.45, 2.75) is 25.5 Å². The summed E-state index contributed by atoms with van der Waals surface area (Å²) >= 11 is 0. The molecule has 4 nitrogen and oxygen atoms in total. The Kier molecular flexibility index (Phi) is 5.77. The van der Waals surface area contributed by atoms with Crippen molar-refractivity contribution < 1.29 is 9.90 Å². The van der Waals surface area contributed by atoms with Crippen molar-refractivity contribution in [3.63, 3.8) is 0 Å². The Bertz CT molecular complexity index is 624. The van der Waals surface area contributed by atoms with Crippen molar-refractivity contribution in [3.8, 4) is 0 Å². The van der Waals surface area contributed by atoms with Crippen LogP contribution in [0.5, 0.6) is 0 Å². The molecule has 0 bridgehead atoms. The van der Waals surface area contributed by atoms with Gasteiger partial charge in [-0.25, -0.2) is 0 Å². The molecule has 1 amide bonds. The third kappa shape index (κ3) is 4.83. The van der Waals surface area contributed by atoms with Gasteiger partial charge in [-0.3, -0.25) is 4.79 Å². The molecule has 0 radical (unpaired) electrons. The first-order valence-electron chi connectivity index (χ1n) is 7.77. The number of anilines is 1. The summed E-state index contributed by atoms with van der Waals surface area (Å²) in [6.45, 7) is 1.82. The molecule has 2 rings (SSSR count). The Hall–Kier alpha value is -2.33. The van der Waals surface area contributed by atoms with Crippen LogP contribution in [0.3, 0.4) is 0 Å². The van der Waals surface area contributed by atoms with Crippen molar-refractivity contribution in [1.29, 1.82) is 0 Å². The van der Waals surface area contributed by atoms with Crippen LogP contribution in [0, 0.1) is 0 Å². The van der Waals surface area contributed by atoms with Crippen LogP contribution in [0.2, 0.25) is 0 Å². The average molecular weight is 312 g/mol. The fourth-order valence-electron chi connectivity index (χ4n) is 2.33. The molecule has 0 saturated carbocycles. The van der Waals surface area contributed by atoms with E-state index in [9.17, 15) is 9.90 Å². The lowest BCUT2D eigenvalue weighted by Gasteiger charge is -2.20. The van der Waals surface area contributed by atoms with E-state index in [0.717, 1.165) is 11.3 Å². The van der Waals surface area contributed by atoms with Gasteiger partial charge in [0.05, 0.1) is 12.1 Å². The highest BCUT2D eigenvalue weighted by Crippen LogP contribution is 2.13. The summed E-state index contributed by atoms with van der Waals surface area (Å²) in [7, 11) is 3.91. The molecular weight excluding hydrogens is 288 g/mol. The molecule has 0 aromatic heterocycles. The van der Waals surface area contributed by atoms with Gasteiger partial charge in [0, 0.05) is 31.8 Å². The van der Waals surface area contributed by atoms with Crippen molar-refractivity contribution >= 4 is 11.6 Å². The number of nitrogens with one attached hydrogen (secondary N) is 1. The van der Waals surface area contributed by atoms with Crippen LogP contribution in [0.4, 0.5) is 5.69 Å². The minimum Gasteiger partial charge on any atom is -0.391 e. The molecular formula is C19H24N2O2. The van der Waals surface area contributed by atoms with Gasteiger partial charge in [-0.1, -0.05) is 30.3 Å². The lowest BCUT2D eigenvalue weighted by atomic mass is 10.0. The van der Waals surface area contributed by atoms with E-state index in [0.29, 0.717) is 12.0 Å². The van der Waals surface area contributed by atoms with Crippen LogP contribution in [0.25, 0.3) is 0 Å². The Labute approximate surface area is 137 Å². The molecule has 122 valence electrons. The van der Waals surface area contributed by atoms with E-state index >= 15 is 0 Å². The zero-order valence-electron chi connectivity index (χ0n) is 13.9. The molecule has 0 aliphatic rings. The lowest BCUT2D eigenvalue weighted by Crippen LogP contribution is -2.42. The molecule has 0 fully saturated rings. The maximum atomic E-state index is 12.3. The van der Waals surface area contributed by atoms with Crippen LogP contribution in [0.15, 0.2) is 54.6 Å². The van der Waals surface area contributed by atoms with Gasteiger partial charge in [-0.2, -0.15) is 0 Å². The second-order valence-corrected chi connectivity index (χ2v) is 5.96. The van der Waals surface area contributed by atoms with E-state index in [2.05, 4.69) is 5.32 Å². The van der Waals surface area contributed by atoms with Gasteiger partial charge in [-0.15, -0.1) is 0 Å². The van der Waals surface area contributed by atoms with Crippen molar-refractivity contribution in [1.82, 2.24) is 5.32 Å². The molecule has 0 aliphatic heterocycles. The first-order valence-corrected chi connectivity index (χ1v) is 7.77. The number of aliphatic hydroxyl groups is 1. The molecule has 2 atom stereocenters. The van der Waals surface area contributed by atoms with Crippen LogP contribution >= 0.6 is 0 Å². The van der Waals surface area contributed by atoms with Crippen molar-refractivity contribution in [2.75, 3.05) is 19.0 Å². The fraction of sp³-hybridized carbons (Fsp3) is 0.316. The molecule has 2 aromatic rings. The summed E-state index contributed by atoms with van der Waals surface area (Å²) in [6, 6.07) is 16.8. The smallest absolute Gasteiger partial charge is 0.251 e. The normalized spacial score (nSPS) is 13.2. The summed E-state index contributed by atoms with van der Waals surface area (Å²) in [4.78, 5) is 14.2. The maximum Gasteiger partial charge on any atom is 0.251 e. The average Bonchev–Trinajstić information content (AvgIpc) is 2.55. The molecule has 2 aromatic carbocycles. The fourth-order valence-corrected chi connectivity index (χ4v) is 2.33. The Morgan fingerprint density at radius 1 is 1.09 bits per heavy atom. The number of hydrogen-bond donors (Lipinski definition) is 2. The molecule has 2 unspecified atom stereocenters. The Balaban J connectivity index is 1.93. The van der Waals surface area contributed by atoms with Crippen molar-refractivity contribution in [3.05, 3.63) is 65.7 Å². The van der Waals surface area contributed by atoms with Gasteiger partial charge in [0.2, 0.25) is 0 Å². The summed E-state index contributed by atoms with van der Waals surface area (Å²) in [6.07, 6.45) is -0.107. The highest BCUT2D eigenvalue weighted by molar-refractivity contribution is 5.94. The predicted molar refractivity (Wildman–Crippen MR) is 93.9 cm³/mol. The number of nitrogens with zero attached hydrogens (tertiary/aromatic N) is 1. The van der Waals surface area contributed by atoms with E-state index in [1.807, 2.05) is 68.4 Å². The molecule has 0 saturated heterocycles. The van der Waals surface area contributed by atoms with Crippen LogP contribution in [0.1, 0.15) is 22.8 Å². The van der Waals surface area contributed by atoms with E-state index in [-0.39, 0.29) is 11.9 Å². The monoisotopic (exact) mass is 312 g/mol. The van der Waals surface area contributed by atoms with Gasteiger partial charge in [0.15, 0.2) is 0 Å². The van der Waals surface area contributed by atoms with E-state index in [4.69, 9.17) is 0 Å². The van der Waals surface area contributed by atoms with Gasteiger partial charge < -0.3 is 15.3 Å². The topological polar surface area (TPSA) is 52.6 Å². The number of rotatable bonds is 6. The molecule has 0 spiro atoms. The van der Waals surface area contributed by atoms with E-state index in [1.54, 1.807) is 12.1 Å². The quantitative estimate of drug-likeness (QED) is 0.861. The second kappa shape index (κ2) is 7.79. The summed E-state index contributed by atoms with van der Waals surface area (Å²) in [5, 5.41) is 13.1. The lowest BCUT2D eigenvalue weighted by molar-refractivity contribution is 0.0852. The number of aliphatic hydroxyl groups excluding tert-OH is 1. The SMILES string of the molecule is CC(NC(=O)c1ccc(N(C)C)cc1)C(O)Cc1ccccc1. The second-order valence-electron chi connectivity index (χ2n) is 5.96. The minimum absolute atomic E-state index is 0.171. The zero-order valence-corrected chi connectivity index (χ0v) is 13.9. The van der Waals surface area contributed by atoms with Crippen LogP contribution < -0.4 is 10.2 Å². The van der Waals surface area contributed by atoms with Gasteiger partial charge >= 0.3 is 0 Å². The summed E-state index contributed by atoms with van der Waals surface area (Å²) in [5.74, 6) is -0.171. The first-order chi connectivity index (χ1) is 11.0. The zero-order chi connectivity index (χ0) is 16.8. The third-order valence-electron chi connectivity index (χ3n) is 3.87. The largest absolute Gasteiger partial charge is 0.391 e. The summed E-state index contributed by atoms with van der Waals surface area (Å²) < 4.78 is 0. The van der Waals surface area contributed by atoms with Crippen LogP contribution in [-0.4, -0.2) is 37.3 Å². The van der Waals surface area contributed by atoms with Crippen molar-refractivity contribution in [2.24, 2.45) is 0 Å². The van der Waals surface area contributed by atoms with Gasteiger partial charge in [-0.05, 0) is 36.8 Å². The van der Waals surface area contributed by atoms with Crippen LogP contribution in [-0.2, 0) is 6.42 Å². The third-order valence-corrected chi connectivity index (χ3v) is 3.87. The van der Waals surface area contributed by atoms with E-state index in [1.165, 1.54) is 0 Å². The standard InChI is InChI=1S/C19H24N2O2/c1-14(18(22)13-15-7-5-4-6-8-15)20-19(23)16-9-11-17(12-10-16)21(2)3/h4-12,14,18,22H,13H2,1-3H3,(H,20,23). The highest BCUT2D eigenvalue weighted by atomic mass is 16.3. The first kappa shape index (κ1) is 17.0. The molecule has 4 heteroatoms.